The molecule has 7 heteroatoms. The zero-order valence-electron chi connectivity index (χ0n) is 18.2. The van der Waals surface area contributed by atoms with Gasteiger partial charge in [-0.3, -0.25) is 14.4 Å². The summed E-state index contributed by atoms with van der Waals surface area (Å²) in [4.78, 5) is 20.2. The zero-order valence-corrected chi connectivity index (χ0v) is 15.2. The third-order valence-electron chi connectivity index (χ3n) is 4.77. The zero-order chi connectivity index (χ0) is 21.3. The first-order chi connectivity index (χ1) is 14.3. The summed E-state index contributed by atoms with van der Waals surface area (Å²) in [5.74, 6) is 0.338. The van der Waals surface area contributed by atoms with Gasteiger partial charge in [0.05, 0.1) is 12.7 Å². The Morgan fingerprint density at radius 2 is 2.00 bits per heavy atom. The molecule has 2 aromatic heterocycles. The summed E-state index contributed by atoms with van der Waals surface area (Å²) in [5, 5.41) is 9.03. The van der Waals surface area contributed by atoms with E-state index in [1.807, 2.05) is 42.5 Å². The molecule has 1 aliphatic rings. The van der Waals surface area contributed by atoms with Gasteiger partial charge in [0.1, 0.15) is 5.82 Å². The van der Waals surface area contributed by atoms with E-state index in [1.54, 1.807) is 10.9 Å². The van der Waals surface area contributed by atoms with Gasteiger partial charge in [0, 0.05) is 60.7 Å². The number of amides is 1. The molecule has 27 heavy (non-hydrogen) atoms. The minimum absolute atomic E-state index is 0.160. The number of piperazine rings is 1. The van der Waals surface area contributed by atoms with Crippen molar-refractivity contribution in [3.8, 4) is 11.1 Å². The predicted octanol–water partition coefficient (Wildman–Crippen LogP) is 1.82. The van der Waals surface area contributed by atoms with E-state index in [0.717, 1.165) is 21.9 Å². The Morgan fingerprint density at radius 3 is 2.74 bits per heavy atom. The van der Waals surface area contributed by atoms with Gasteiger partial charge >= 0.3 is 0 Å². The van der Waals surface area contributed by atoms with E-state index in [2.05, 4.69) is 21.5 Å². The molecular formula is C20H24N6O. The number of likely N-dealkylation sites (N-methyl/N-ethyl adjacent to an activating group) is 1. The Labute approximate surface area is 162 Å². The van der Waals surface area contributed by atoms with E-state index >= 15 is 0 Å². The molecule has 0 saturated carbocycles. The Balaban J connectivity index is 1.40. The van der Waals surface area contributed by atoms with Gasteiger partial charge in [0.25, 0.3) is 0 Å². The number of aryl methyl sites for hydroxylation is 1. The summed E-state index contributed by atoms with van der Waals surface area (Å²) in [6, 6.07) is 7.94. The Bertz CT molecular complexity index is 1060. The van der Waals surface area contributed by atoms with Crippen LogP contribution in [-0.4, -0.2) is 70.2 Å². The van der Waals surface area contributed by atoms with Crippen LogP contribution in [0, 0.1) is 0 Å². The number of hydrogen-bond donors (Lipinski definition) is 1. The molecule has 1 saturated heterocycles. The lowest BCUT2D eigenvalue weighted by Gasteiger charge is -2.31. The van der Waals surface area contributed by atoms with Crippen LogP contribution in [0.4, 0.5) is 5.82 Å². The van der Waals surface area contributed by atoms with Crippen LogP contribution in [0.25, 0.3) is 21.9 Å². The standard InChI is InChI=1S/C20H24N6O/c1-24-5-7-26(8-6-24)14-20(27)23-19-10-17-9-15(3-4-16(17)11-21-19)18-12-22-25(2)13-18/h3-4,9-13H,5-8,14H2,1-2H3,(H,21,23,27)/i1D3. The number of carbonyl (C=O) groups is 1. The number of fused-ring (bicyclic) bond motifs is 1. The number of hydrogen-bond acceptors (Lipinski definition) is 5. The molecule has 4 rings (SSSR count). The first-order valence-electron chi connectivity index (χ1n) is 10.4. The first kappa shape index (κ1) is 14.3. The van der Waals surface area contributed by atoms with Crippen molar-refractivity contribution >= 4 is 22.5 Å². The van der Waals surface area contributed by atoms with Crippen molar-refractivity contribution in [1.29, 1.82) is 0 Å². The molecule has 0 atom stereocenters. The van der Waals surface area contributed by atoms with Gasteiger partial charge in [-0.05, 0) is 30.1 Å². The highest BCUT2D eigenvalue weighted by Crippen LogP contribution is 2.25. The van der Waals surface area contributed by atoms with Gasteiger partial charge in [-0.2, -0.15) is 5.10 Å². The molecule has 3 aromatic rings. The van der Waals surface area contributed by atoms with E-state index in [1.165, 1.54) is 4.90 Å². The summed E-state index contributed by atoms with van der Waals surface area (Å²) in [5.41, 5.74) is 2.07. The summed E-state index contributed by atoms with van der Waals surface area (Å²) < 4.78 is 24.2. The number of anilines is 1. The van der Waals surface area contributed by atoms with Gasteiger partial charge in [-0.15, -0.1) is 0 Å². The lowest BCUT2D eigenvalue weighted by atomic mass is 10.1. The average molecular weight is 367 g/mol. The van der Waals surface area contributed by atoms with Crippen LogP contribution in [0.5, 0.6) is 0 Å². The normalized spacial score (nSPS) is 18.0. The van der Waals surface area contributed by atoms with E-state index < -0.39 is 6.98 Å². The quantitative estimate of drug-likeness (QED) is 0.762. The molecule has 7 nitrogen and oxygen atoms in total. The number of carbonyl (C=O) groups excluding carboxylic acids is 1. The maximum absolute atomic E-state index is 12.5. The second-order valence-electron chi connectivity index (χ2n) is 6.85. The lowest BCUT2D eigenvalue weighted by molar-refractivity contribution is -0.117. The molecule has 1 aromatic carbocycles. The van der Waals surface area contributed by atoms with Crippen molar-refractivity contribution in [1.82, 2.24) is 24.6 Å². The van der Waals surface area contributed by atoms with Crippen LogP contribution >= 0.6 is 0 Å². The van der Waals surface area contributed by atoms with E-state index in [9.17, 15) is 4.79 Å². The van der Waals surface area contributed by atoms with Crippen LogP contribution in [0.3, 0.4) is 0 Å². The van der Waals surface area contributed by atoms with Crippen molar-refractivity contribution in [2.75, 3.05) is 45.0 Å². The maximum atomic E-state index is 12.5. The fourth-order valence-electron chi connectivity index (χ4n) is 3.25. The van der Waals surface area contributed by atoms with Gasteiger partial charge in [0.15, 0.2) is 0 Å². The fraction of sp³-hybridized carbons (Fsp3) is 0.350. The van der Waals surface area contributed by atoms with Crippen LogP contribution in [-0.2, 0) is 11.8 Å². The molecule has 0 unspecified atom stereocenters. The highest BCUT2D eigenvalue weighted by atomic mass is 16.2. The predicted molar refractivity (Wildman–Crippen MR) is 107 cm³/mol. The van der Waals surface area contributed by atoms with Crippen molar-refractivity contribution < 1.29 is 8.91 Å². The Hall–Kier alpha value is -2.77. The number of nitrogens with one attached hydrogen (secondary N) is 1. The van der Waals surface area contributed by atoms with Gasteiger partial charge in [-0.1, -0.05) is 12.1 Å². The molecule has 0 radical (unpaired) electrons. The molecule has 3 heterocycles. The highest BCUT2D eigenvalue weighted by Gasteiger charge is 2.16. The second kappa shape index (κ2) is 7.46. The molecule has 1 aliphatic heterocycles. The van der Waals surface area contributed by atoms with Crippen LogP contribution in [0.15, 0.2) is 42.9 Å². The largest absolute Gasteiger partial charge is 0.310 e. The minimum Gasteiger partial charge on any atom is -0.310 e. The van der Waals surface area contributed by atoms with Crippen molar-refractivity contribution in [3.63, 3.8) is 0 Å². The molecule has 140 valence electrons. The lowest BCUT2D eigenvalue weighted by Crippen LogP contribution is -2.47. The monoisotopic (exact) mass is 367 g/mol. The smallest absolute Gasteiger partial charge is 0.239 e. The number of aromatic nitrogens is 3. The van der Waals surface area contributed by atoms with Gasteiger partial charge in [-0.25, -0.2) is 4.98 Å². The Kier molecular flexibility index (Phi) is 3.95. The van der Waals surface area contributed by atoms with Crippen LogP contribution < -0.4 is 5.32 Å². The van der Waals surface area contributed by atoms with E-state index in [4.69, 9.17) is 4.11 Å². The van der Waals surface area contributed by atoms with Crippen LogP contribution in [0.1, 0.15) is 4.11 Å². The Morgan fingerprint density at radius 1 is 1.15 bits per heavy atom. The average Bonchev–Trinajstić information content (AvgIpc) is 3.13. The van der Waals surface area contributed by atoms with Crippen LogP contribution in [0.2, 0.25) is 0 Å². The van der Waals surface area contributed by atoms with E-state index in [0.29, 0.717) is 32.0 Å². The second-order valence-corrected chi connectivity index (χ2v) is 6.85. The summed E-state index contributed by atoms with van der Waals surface area (Å²) in [6.07, 6.45) is 5.51. The summed E-state index contributed by atoms with van der Waals surface area (Å²) >= 11 is 0. The number of rotatable bonds is 4. The third-order valence-corrected chi connectivity index (χ3v) is 4.77. The van der Waals surface area contributed by atoms with E-state index in [-0.39, 0.29) is 12.5 Å². The maximum Gasteiger partial charge on any atom is 0.239 e. The summed E-state index contributed by atoms with van der Waals surface area (Å²) in [6.45, 7) is 0.0867. The molecule has 1 amide bonds. The fourth-order valence-corrected chi connectivity index (χ4v) is 3.25. The number of benzene rings is 1. The molecular weight excluding hydrogens is 340 g/mol. The highest BCUT2D eigenvalue weighted by molar-refractivity contribution is 5.94. The number of pyridine rings is 1. The van der Waals surface area contributed by atoms with Crippen molar-refractivity contribution in [3.05, 3.63) is 42.9 Å². The topological polar surface area (TPSA) is 66.3 Å². The van der Waals surface area contributed by atoms with Crippen molar-refractivity contribution in [2.24, 2.45) is 7.05 Å². The molecule has 0 spiro atoms. The third kappa shape index (κ3) is 4.15. The van der Waals surface area contributed by atoms with Crippen molar-refractivity contribution in [2.45, 2.75) is 0 Å². The molecule has 0 aliphatic carbocycles. The van der Waals surface area contributed by atoms with Gasteiger partial charge < -0.3 is 10.2 Å². The molecule has 1 fully saturated rings. The summed E-state index contributed by atoms with van der Waals surface area (Å²) in [7, 11) is 1.88. The minimum atomic E-state index is -2.07. The van der Waals surface area contributed by atoms with Gasteiger partial charge in [0.2, 0.25) is 5.91 Å². The first-order valence-corrected chi connectivity index (χ1v) is 8.94. The number of nitrogens with zero attached hydrogens (tertiary/aromatic N) is 5. The SMILES string of the molecule is [2H]C([2H])([2H])N1CCN(CC(=O)Nc2cc3cc(-c4cnn(C)c4)ccc3cn2)CC1. The molecule has 1 N–H and O–H groups in total. The molecule has 0 bridgehead atoms.